The van der Waals surface area contributed by atoms with Crippen molar-refractivity contribution in [1.82, 2.24) is 10.2 Å². The molecular formula is C22H27N3O5S. The number of thioether (sulfide) groups is 1. The minimum absolute atomic E-state index is 0.0482. The zero-order valence-corrected chi connectivity index (χ0v) is 18.3. The van der Waals surface area contributed by atoms with Crippen molar-refractivity contribution in [3.8, 4) is 0 Å². The van der Waals surface area contributed by atoms with E-state index in [1.54, 1.807) is 30.3 Å². The minimum Gasteiger partial charge on any atom is -0.543 e. The number of carboxylic acid groups (broad SMARTS) is 1. The van der Waals surface area contributed by atoms with Crippen molar-refractivity contribution in [1.29, 1.82) is 0 Å². The molecule has 4 rings (SSSR count). The fraction of sp³-hybridized carbons (Fsp3) is 0.500. The van der Waals surface area contributed by atoms with E-state index in [1.807, 2.05) is 0 Å². The number of hydrogen-bond acceptors (Lipinski definition) is 6. The number of β-lactam (4-membered cyclic amide) rings is 1. The van der Waals surface area contributed by atoms with Crippen LogP contribution in [-0.4, -0.2) is 82.2 Å². The molecule has 2 fully saturated rings. The van der Waals surface area contributed by atoms with Crippen molar-refractivity contribution >= 4 is 29.5 Å². The Hall–Kier alpha value is -2.36. The molecule has 1 aromatic rings. The molecule has 0 saturated carbocycles. The van der Waals surface area contributed by atoms with Gasteiger partial charge in [-0.15, -0.1) is 11.8 Å². The summed E-state index contributed by atoms with van der Waals surface area (Å²) < 4.78 is 0.661. The van der Waals surface area contributed by atoms with Crippen LogP contribution in [0.3, 0.4) is 0 Å². The molecule has 0 aliphatic carbocycles. The van der Waals surface area contributed by atoms with Gasteiger partial charge in [0.25, 0.3) is 11.8 Å². The summed E-state index contributed by atoms with van der Waals surface area (Å²) in [6.07, 6.45) is 2.70. The second kappa shape index (κ2) is 8.64. The molecule has 3 aliphatic rings. The monoisotopic (exact) mass is 445 g/mol. The van der Waals surface area contributed by atoms with Crippen LogP contribution in [0.1, 0.15) is 29.6 Å². The third-order valence-corrected chi connectivity index (χ3v) is 8.01. The summed E-state index contributed by atoms with van der Waals surface area (Å²) in [7, 11) is 2.09. The maximum atomic E-state index is 12.8. The van der Waals surface area contributed by atoms with Crippen LogP contribution in [-0.2, 0) is 9.59 Å². The third-order valence-electron chi connectivity index (χ3n) is 6.67. The van der Waals surface area contributed by atoms with Crippen molar-refractivity contribution in [3.05, 3.63) is 47.2 Å². The number of nitrogens with zero attached hydrogens (tertiary/aromatic N) is 2. The highest BCUT2D eigenvalue weighted by Gasteiger charge is 2.53. The topological polar surface area (TPSA) is 110 Å². The predicted molar refractivity (Wildman–Crippen MR) is 113 cm³/mol. The van der Waals surface area contributed by atoms with E-state index in [1.165, 1.54) is 16.7 Å². The molecule has 3 aliphatic heterocycles. The van der Waals surface area contributed by atoms with Gasteiger partial charge in [0, 0.05) is 42.8 Å². The number of fused-ring (bicyclic) bond motifs is 1. The molecule has 166 valence electrons. The average molecular weight is 446 g/mol. The Bertz CT molecular complexity index is 921. The maximum Gasteiger partial charge on any atom is 0.253 e. The highest BCUT2D eigenvalue weighted by molar-refractivity contribution is 8.00. The smallest absolute Gasteiger partial charge is 0.253 e. The van der Waals surface area contributed by atoms with E-state index in [0.717, 1.165) is 19.4 Å². The average Bonchev–Trinajstić information content (AvgIpc) is 3.12. The number of carbonyl (C=O) groups is 3. The number of likely N-dealkylation sites (tertiary alicyclic amines) is 1. The number of carbonyl (C=O) groups excluding carboxylic acids is 3. The van der Waals surface area contributed by atoms with Crippen LogP contribution in [0, 0.1) is 0 Å². The number of rotatable bonds is 7. The Labute approximate surface area is 185 Å². The SMILES string of the molecule is C[N+]1(CC2=C(C(=O)[O-])N3C(=O)C(NC(=O)c4ccccc4)[C@H]3SC2)CCCC1CCO. The van der Waals surface area contributed by atoms with E-state index >= 15 is 0 Å². The molecule has 2 amide bonds. The molecule has 4 atom stereocenters. The molecule has 9 heteroatoms. The lowest BCUT2D eigenvalue weighted by atomic mass is 10.0. The number of aliphatic carboxylic acids is 1. The summed E-state index contributed by atoms with van der Waals surface area (Å²) in [5.74, 6) is -1.67. The Morgan fingerprint density at radius 2 is 2.06 bits per heavy atom. The molecular weight excluding hydrogens is 418 g/mol. The molecule has 2 N–H and O–H groups in total. The van der Waals surface area contributed by atoms with Crippen LogP contribution in [0.4, 0.5) is 0 Å². The first kappa shape index (κ1) is 21.9. The molecule has 0 spiro atoms. The zero-order valence-electron chi connectivity index (χ0n) is 17.5. The van der Waals surface area contributed by atoms with Gasteiger partial charge in [0.2, 0.25) is 0 Å². The van der Waals surface area contributed by atoms with Crippen molar-refractivity contribution < 1.29 is 29.1 Å². The number of aliphatic hydroxyl groups excluding tert-OH is 1. The fourth-order valence-corrected chi connectivity index (χ4v) is 6.37. The van der Waals surface area contributed by atoms with E-state index in [-0.39, 0.29) is 24.3 Å². The highest BCUT2D eigenvalue weighted by Crippen LogP contribution is 2.41. The Morgan fingerprint density at radius 3 is 2.74 bits per heavy atom. The van der Waals surface area contributed by atoms with Crippen molar-refractivity contribution in [2.75, 3.05) is 32.5 Å². The van der Waals surface area contributed by atoms with Crippen LogP contribution >= 0.6 is 11.8 Å². The summed E-state index contributed by atoms with van der Waals surface area (Å²) in [5, 5.41) is 23.7. The number of nitrogens with one attached hydrogen (secondary N) is 1. The lowest BCUT2D eigenvalue weighted by Crippen LogP contribution is -2.71. The van der Waals surface area contributed by atoms with Crippen LogP contribution in [0.2, 0.25) is 0 Å². The van der Waals surface area contributed by atoms with Crippen LogP contribution in [0.5, 0.6) is 0 Å². The van der Waals surface area contributed by atoms with Gasteiger partial charge in [0.1, 0.15) is 18.0 Å². The largest absolute Gasteiger partial charge is 0.543 e. The van der Waals surface area contributed by atoms with Gasteiger partial charge in [-0.3, -0.25) is 14.5 Å². The number of likely N-dealkylation sites (N-methyl/N-ethyl adjacent to an activating group) is 1. The molecule has 0 bridgehead atoms. The summed E-state index contributed by atoms with van der Waals surface area (Å²) in [5.41, 5.74) is 1.09. The fourth-order valence-electron chi connectivity index (χ4n) is 5.04. The highest BCUT2D eigenvalue weighted by atomic mass is 32.2. The first-order valence-electron chi connectivity index (χ1n) is 10.5. The zero-order chi connectivity index (χ0) is 22.2. The van der Waals surface area contributed by atoms with Gasteiger partial charge in [-0.05, 0) is 12.1 Å². The number of benzene rings is 1. The second-order valence-corrected chi connectivity index (χ2v) is 9.74. The summed E-state index contributed by atoms with van der Waals surface area (Å²) in [4.78, 5) is 38.6. The number of hydrogen-bond donors (Lipinski definition) is 2. The van der Waals surface area contributed by atoms with Crippen molar-refractivity contribution in [2.45, 2.75) is 36.7 Å². The third kappa shape index (κ3) is 3.97. The molecule has 0 radical (unpaired) electrons. The summed E-state index contributed by atoms with van der Waals surface area (Å²) >= 11 is 1.47. The number of quaternary nitrogens is 1. The molecule has 2 saturated heterocycles. The molecule has 0 aromatic heterocycles. The molecule has 1 aromatic carbocycles. The van der Waals surface area contributed by atoms with Gasteiger partial charge in [0.15, 0.2) is 0 Å². The standard InChI is InChI=1S/C22H27N3O5S/c1-25(10-5-8-16(25)9-11-26)12-15-13-31-21-17(20(28)24(21)18(15)22(29)30)23-19(27)14-6-3-2-4-7-14/h2-4,6-7,16-17,21,26H,5,8-13H2,1H3,(H-,23,27,29,30)/t16?,17?,21-,25?/m1/s1. The number of aliphatic hydroxyl groups is 1. The van der Waals surface area contributed by atoms with E-state index in [9.17, 15) is 24.6 Å². The van der Waals surface area contributed by atoms with Crippen LogP contribution < -0.4 is 10.4 Å². The molecule has 31 heavy (non-hydrogen) atoms. The van der Waals surface area contributed by atoms with Gasteiger partial charge in [-0.25, -0.2) is 0 Å². The normalized spacial score (nSPS) is 30.1. The Balaban J connectivity index is 1.52. The van der Waals surface area contributed by atoms with E-state index in [4.69, 9.17) is 0 Å². The van der Waals surface area contributed by atoms with Gasteiger partial charge in [-0.1, -0.05) is 18.2 Å². The van der Waals surface area contributed by atoms with Crippen LogP contribution in [0.15, 0.2) is 41.6 Å². The lowest BCUT2D eigenvalue weighted by Gasteiger charge is -2.51. The van der Waals surface area contributed by atoms with Gasteiger partial charge in [0.05, 0.1) is 31.3 Å². The predicted octanol–water partition coefficient (Wildman–Crippen LogP) is -0.304. The summed E-state index contributed by atoms with van der Waals surface area (Å²) in [6.45, 7) is 1.53. The summed E-state index contributed by atoms with van der Waals surface area (Å²) in [6, 6.07) is 8.13. The maximum absolute atomic E-state index is 12.8. The first-order chi connectivity index (χ1) is 14.9. The van der Waals surface area contributed by atoms with Crippen LogP contribution in [0.25, 0.3) is 0 Å². The Morgan fingerprint density at radius 1 is 1.32 bits per heavy atom. The quantitative estimate of drug-likeness (QED) is 0.440. The Kier molecular flexibility index (Phi) is 6.09. The first-order valence-corrected chi connectivity index (χ1v) is 11.6. The van der Waals surface area contributed by atoms with E-state index in [2.05, 4.69) is 12.4 Å². The lowest BCUT2D eigenvalue weighted by molar-refractivity contribution is -0.917. The van der Waals surface area contributed by atoms with Gasteiger partial charge < -0.3 is 24.8 Å². The van der Waals surface area contributed by atoms with Crippen molar-refractivity contribution in [3.63, 3.8) is 0 Å². The number of amides is 2. The van der Waals surface area contributed by atoms with Crippen molar-refractivity contribution in [2.24, 2.45) is 0 Å². The molecule has 3 unspecified atom stereocenters. The molecule has 8 nitrogen and oxygen atoms in total. The molecule has 3 heterocycles. The van der Waals surface area contributed by atoms with Gasteiger partial charge >= 0.3 is 0 Å². The number of carboxylic acids is 1. The minimum atomic E-state index is -1.36. The van der Waals surface area contributed by atoms with E-state index < -0.39 is 23.3 Å². The second-order valence-electron chi connectivity index (χ2n) is 8.64. The van der Waals surface area contributed by atoms with E-state index in [0.29, 0.717) is 34.3 Å². The van der Waals surface area contributed by atoms with Gasteiger partial charge in [-0.2, -0.15) is 0 Å².